The number of rotatable bonds is 4. The minimum atomic E-state index is 0.399. The molecule has 2 aromatic rings. The van der Waals surface area contributed by atoms with E-state index in [0.717, 1.165) is 12.1 Å². The molecule has 116 valence electrons. The van der Waals surface area contributed by atoms with Crippen LogP contribution in [0.2, 0.25) is 0 Å². The summed E-state index contributed by atoms with van der Waals surface area (Å²) in [6.45, 7) is 2.90. The van der Waals surface area contributed by atoms with Crippen LogP contribution in [0.1, 0.15) is 42.4 Å². The van der Waals surface area contributed by atoms with Crippen LogP contribution in [0, 0.1) is 0 Å². The molecule has 1 aromatic carbocycles. The topological polar surface area (TPSA) is 50.4 Å². The van der Waals surface area contributed by atoms with Crippen molar-refractivity contribution >= 4 is 23.0 Å². The Morgan fingerprint density at radius 2 is 2.18 bits per heavy atom. The lowest BCUT2D eigenvalue weighted by atomic mass is 9.90. The molecule has 0 fully saturated rings. The van der Waals surface area contributed by atoms with Crippen molar-refractivity contribution in [2.45, 2.75) is 38.5 Å². The lowest BCUT2D eigenvalue weighted by molar-refractivity contribution is 0.687. The predicted molar refractivity (Wildman–Crippen MR) is 95.9 cm³/mol. The molecule has 0 aliphatic heterocycles. The van der Waals surface area contributed by atoms with Gasteiger partial charge in [0.15, 0.2) is 5.96 Å². The summed E-state index contributed by atoms with van der Waals surface area (Å²) in [7, 11) is 0. The molecule has 0 radical (unpaired) electrons. The molecular weight excluding hydrogens is 290 g/mol. The van der Waals surface area contributed by atoms with Gasteiger partial charge in [-0.1, -0.05) is 19.1 Å². The second-order valence-corrected chi connectivity index (χ2v) is 6.74. The Morgan fingerprint density at radius 3 is 3.00 bits per heavy atom. The molecule has 0 saturated heterocycles. The molecule has 1 atom stereocenters. The summed E-state index contributed by atoms with van der Waals surface area (Å²) in [5.74, 6) is 0.914. The van der Waals surface area contributed by atoms with E-state index in [0.29, 0.717) is 18.4 Å². The average Bonchev–Trinajstić information content (AvgIpc) is 3.07. The minimum Gasteiger partial charge on any atom is -0.370 e. The standard InChI is InChI=1S/C18H23N3S/c1-13(15-9-10-22-12-15)11-20-18(19)21-17-8-4-6-14-5-2-3-7-16(14)17/h4,6,8-10,12-13H,2-3,5,7,11H2,1H3,(H3,19,20,21). The summed E-state index contributed by atoms with van der Waals surface area (Å²) in [4.78, 5) is 4.51. The maximum atomic E-state index is 6.08. The van der Waals surface area contributed by atoms with Gasteiger partial charge < -0.3 is 11.1 Å². The highest BCUT2D eigenvalue weighted by Crippen LogP contribution is 2.27. The van der Waals surface area contributed by atoms with Gasteiger partial charge in [-0.2, -0.15) is 11.3 Å². The van der Waals surface area contributed by atoms with Gasteiger partial charge in [-0.3, -0.25) is 4.99 Å². The molecule has 1 unspecified atom stereocenters. The maximum absolute atomic E-state index is 6.08. The lowest BCUT2D eigenvalue weighted by Crippen LogP contribution is -2.24. The summed E-state index contributed by atoms with van der Waals surface area (Å²) in [6.07, 6.45) is 4.87. The van der Waals surface area contributed by atoms with E-state index in [1.807, 2.05) is 0 Å². The van der Waals surface area contributed by atoms with Crippen LogP contribution >= 0.6 is 11.3 Å². The number of benzene rings is 1. The molecule has 4 heteroatoms. The van der Waals surface area contributed by atoms with Gasteiger partial charge in [0.2, 0.25) is 0 Å². The van der Waals surface area contributed by atoms with Gasteiger partial charge in [0, 0.05) is 18.2 Å². The van der Waals surface area contributed by atoms with Crippen molar-refractivity contribution in [3.8, 4) is 0 Å². The van der Waals surface area contributed by atoms with Crippen LogP contribution in [-0.4, -0.2) is 12.5 Å². The lowest BCUT2D eigenvalue weighted by Gasteiger charge is -2.20. The smallest absolute Gasteiger partial charge is 0.193 e. The fourth-order valence-corrected chi connectivity index (χ4v) is 3.75. The van der Waals surface area contributed by atoms with Gasteiger partial charge in [-0.25, -0.2) is 0 Å². The number of nitrogens with two attached hydrogens (primary N) is 1. The van der Waals surface area contributed by atoms with E-state index in [4.69, 9.17) is 5.73 Å². The first-order chi connectivity index (χ1) is 10.7. The Hall–Kier alpha value is -1.81. The van der Waals surface area contributed by atoms with Gasteiger partial charge in [-0.15, -0.1) is 0 Å². The van der Waals surface area contributed by atoms with E-state index in [1.54, 1.807) is 11.3 Å². The van der Waals surface area contributed by atoms with Crippen LogP contribution in [0.15, 0.2) is 40.0 Å². The third-order valence-electron chi connectivity index (χ3n) is 4.31. The molecule has 3 nitrogen and oxygen atoms in total. The first-order valence-electron chi connectivity index (χ1n) is 7.94. The van der Waals surface area contributed by atoms with Crippen LogP contribution in [0.5, 0.6) is 0 Å². The van der Waals surface area contributed by atoms with Crippen molar-refractivity contribution in [3.05, 3.63) is 51.7 Å². The molecular formula is C18H23N3S. The second kappa shape index (κ2) is 6.97. The largest absolute Gasteiger partial charge is 0.370 e. The van der Waals surface area contributed by atoms with Gasteiger partial charge in [0.1, 0.15) is 0 Å². The second-order valence-electron chi connectivity index (χ2n) is 5.96. The number of hydrogen-bond acceptors (Lipinski definition) is 2. The van der Waals surface area contributed by atoms with E-state index in [9.17, 15) is 0 Å². The van der Waals surface area contributed by atoms with Crippen LogP contribution in [0.4, 0.5) is 5.69 Å². The Balaban J connectivity index is 1.66. The van der Waals surface area contributed by atoms with E-state index in [1.165, 1.54) is 36.0 Å². The van der Waals surface area contributed by atoms with Crippen molar-refractivity contribution in [1.29, 1.82) is 0 Å². The van der Waals surface area contributed by atoms with E-state index in [2.05, 4.69) is 52.3 Å². The number of hydrogen-bond donors (Lipinski definition) is 2. The molecule has 3 rings (SSSR count). The summed E-state index contributed by atoms with van der Waals surface area (Å²) in [6, 6.07) is 8.59. The van der Waals surface area contributed by atoms with Crippen molar-refractivity contribution in [3.63, 3.8) is 0 Å². The van der Waals surface area contributed by atoms with Crippen LogP contribution in [-0.2, 0) is 12.8 Å². The molecule has 0 amide bonds. The number of thiophene rings is 1. The normalized spacial score (nSPS) is 16.1. The quantitative estimate of drug-likeness (QED) is 0.658. The molecule has 0 spiro atoms. The zero-order valence-electron chi connectivity index (χ0n) is 13.0. The average molecular weight is 313 g/mol. The fourth-order valence-electron chi connectivity index (χ4n) is 2.97. The number of aryl methyl sites for hydroxylation is 1. The Kier molecular flexibility index (Phi) is 4.78. The summed E-state index contributed by atoms with van der Waals surface area (Å²) in [5, 5.41) is 7.58. The van der Waals surface area contributed by atoms with E-state index >= 15 is 0 Å². The maximum Gasteiger partial charge on any atom is 0.193 e. The first-order valence-corrected chi connectivity index (χ1v) is 8.88. The minimum absolute atomic E-state index is 0.399. The summed E-state index contributed by atoms with van der Waals surface area (Å²) in [5.41, 5.74) is 11.4. The van der Waals surface area contributed by atoms with Crippen LogP contribution in [0.3, 0.4) is 0 Å². The van der Waals surface area contributed by atoms with Crippen molar-refractivity contribution in [1.82, 2.24) is 0 Å². The molecule has 1 aromatic heterocycles. The van der Waals surface area contributed by atoms with Crippen molar-refractivity contribution < 1.29 is 0 Å². The molecule has 3 N–H and O–H groups in total. The number of fused-ring (bicyclic) bond motifs is 1. The molecule has 0 bridgehead atoms. The number of nitrogens with zero attached hydrogens (tertiary/aromatic N) is 1. The fraction of sp³-hybridized carbons (Fsp3) is 0.389. The van der Waals surface area contributed by atoms with Crippen LogP contribution in [0.25, 0.3) is 0 Å². The zero-order valence-corrected chi connectivity index (χ0v) is 13.8. The summed E-state index contributed by atoms with van der Waals surface area (Å²) >= 11 is 1.72. The zero-order chi connectivity index (χ0) is 15.4. The third-order valence-corrected chi connectivity index (χ3v) is 5.01. The van der Waals surface area contributed by atoms with Crippen LogP contribution < -0.4 is 11.1 Å². The molecule has 1 aliphatic rings. The van der Waals surface area contributed by atoms with Gasteiger partial charge in [-0.05, 0) is 65.3 Å². The Labute approximate surface area is 136 Å². The van der Waals surface area contributed by atoms with Gasteiger partial charge in [0.25, 0.3) is 0 Å². The molecule has 0 saturated carbocycles. The highest BCUT2D eigenvalue weighted by Gasteiger charge is 2.13. The number of nitrogens with one attached hydrogen (secondary N) is 1. The SMILES string of the molecule is CC(CN=C(N)Nc1cccc2c1CCCC2)c1ccsc1. The van der Waals surface area contributed by atoms with Crippen molar-refractivity contribution in [2.75, 3.05) is 11.9 Å². The third kappa shape index (κ3) is 3.50. The first kappa shape index (κ1) is 15.1. The van der Waals surface area contributed by atoms with Gasteiger partial charge >= 0.3 is 0 Å². The monoisotopic (exact) mass is 313 g/mol. The van der Waals surface area contributed by atoms with Crippen molar-refractivity contribution in [2.24, 2.45) is 10.7 Å². The van der Waals surface area contributed by atoms with E-state index in [-0.39, 0.29) is 0 Å². The summed E-state index contributed by atoms with van der Waals surface area (Å²) < 4.78 is 0. The van der Waals surface area contributed by atoms with Gasteiger partial charge in [0.05, 0.1) is 0 Å². The number of anilines is 1. The number of aliphatic imine (C=N–C) groups is 1. The Bertz CT molecular complexity index is 646. The highest BCUT2D eigenvalue weighted by molar-refractivity contribution is 7.07. The predicted octanol–water partition coefficient (Wildman–Crippen LogP) is 4.16. The molecule has 22 heavy (non-hydrogen) atoms. The number of guanidine groups is 1. The Morgan fingerprint density at radius 1 is 1.32 bits per heavy atom. The highest BCUT2D eigenvalue weighted by atomic mass is 32.1. The van der Waals surface area contributed by atoms with E-state index < -0.39 is 0 Å². The molecule has 1 aliphatic carbocycles. The molecule has 1 heterocycles.